The fraction of sp³-hybridized carbons (Fsp3) is 0.923. The third-order valence-electron chi connectivity index (χ3n) is 10.7. The van der Waals surface area contributed by atoms with Gasteiger partial charge in [-0.2, -0.15) is 0 Å². The Bertz CT molecular complexity index is 695. The lowest BCUT2D eigenvalue weighted by atomic mass is 9.44. The number of aliphatic hydroxyl groups is 1. The molecular formula is C26H43NO4. The zero-order valence-electron chi connectivity index (χ0n) is 19.7. The molecule has 0 aromatic rings. The average molecular weight is 434 g/mol. The standard InChI is InChI=1S/C26H43NO4/c1-16(4-9-23(29)27-15-24(30)31)20-7-8-21-19-6-5-17-14-18(28)10-12-25(17,2)22(19)11-13-26(20,21)3/h16-22,28H,4-15H2,1-3H3,(H,27,29)(H,30,31)/t16-,17+,18+,19-,20+,21-,22-,25+,26-/m1/s1. The summed E-state index contributed by atoms with van der Waals surface area (Å²) in [6.45, 7) is 7.13. The summed E-state index contributed by atoms with van der Waals surface area (Å²) in [5, 5.41) is 21.5. The highest BCUT2D eigenvalue weighted by Gasteiger charge is 2.60. The van der Waals surface area contributed by atoms with Gasteiger partial charge in [-0.3, -0.25) is 9.59 Å². The molecule has 176 valence electrons. The summed E-state index contributed by atoms with van der Waals surface area (Å²) in [5.41, 5.74) is 0.810. The summed E-state index contributed by atoms with van der Waals surface area (Å²) in [6.07, 6.45) is 12.3. The lowest BCUT2D eigenvalue weighted by molar-refractivity contribution is -0.138. The van der Waals surface area contributed by atoms with E-state index in [9.17, 15) is 14.7 Å². The topological polar surface area (TPSA) is 86.6 Å². The van der Waals surface area contributed by atoms with E-state index in [0.717, 1.165) is 37.0 Å². The molecule has 4 aliphatic rings. The third-order valence-corrected chi connectivity index (χ3v) is 10.7. The van der Waals surface area contributed by atoms with Crippen LogP contribution in [0.4, 0.5) is 0 Å². The highest BCUT2D eigenvalue weighted by Crippen LogP contribution is 2.68. The van der Waals surface area contributed by atoms with Crippen LogP contribution in [0.2, 0.25) is 0 Å². The summed E-state index contributed by atoms with van der Waals surface area (Å²) in [4.78, 5) is 22.7. The van der Waals surface area contributed by atoms with Crippen LogP contribution in [-0.4, -0.2) is 34.7 Å². The van der Waals surface area contributed by atoms with Crippen molar-refractivity contribution in [2.24, 2.45) is 46.3 Å². The van der Waals surface area contributed by atoms with E-state index in [4.69, 9.17) is 5.11 Å². The highest BCUT2D eigenvalue weighted by atomic mass is 16.4. The highest BCUT2D eigenvalue weighted by molar-refractivity contribution is 5.81. The van der Waals surface area contributed by atoms with Crippen LogP contribution >= 0.6 is 0 Å². The van der Waals surface area contributed by atoms with Crippen molar-refractivity contribution < 1.29 is 19.8 Å². The lowest BCUT2D eigenvalue weighted by Gasteiger charge is -2.61. The maximum atomic E-state index is 12.0. The molecule has 0 aromatic heterocycles. The first-order valence-corrected chi connectivity index (χ1v) is 12.8. The molecule has 0 spiro atoms. The number of aliphatic hydroxyl groups excluding tert-OH is 1. The molecule has 0 aliphatic heterocycles. The van der Waals surface area contributed by atoms with Crippen molar-refractivity contribution in [1.82, 2.24) is 5.32 Å². The molecule has 0 unspecified atom stereocenters. The number of hydrogen-bond donors (Lipinski definition) is 3. The maximum Gasteiger partial charge on any atom is 0.322 e. The normalized spacial score (nSPS) is 45.2. The minimum atomic E-state index is -0.986. The molecule has 0 saturated heterocycles. The molecule has 0 aromatic carbocycles. The van der Waals surface area contributed by atoms with Gasteiger partial charge in [0.1, 0.15) is 6.54 Å². The van der Waals surface area contributed by atoms with Gasteiger partial charge in [0, 0.05) is 6.42 Å². The number of aliphatic carboxylic acids is 1. The zero-order valence-corrected chi connectivity index (χ0v) is 19.7. The number of carbonyl (C=O) groups is 2. The second-order valence-electron chi connectivity index (χ2n) is 12.0. The van der Waals surface area contributed by atoms with Crippen LogP contribution in [0.5, 0.6) is 0 Å². The Morgan fingerprint density at radius 1 is 1.00 bits per heavy atom. The van der Waals surface area contributed by atoms with E-state index in [-0.39, 0.29) is 18.6 Å². The van der Waals surface area contributed by atoms with Crippen molar-refractivity contribution in [1.29, 1.82) is 0 Å². The van der Waals surface area contributed by atoms with E-state index in [1.807, 2.05) is 0 Å². The number of carbonyl (C=O) groups excluding carboxylic acids is 1. The van der Waals surface area contributed by atoms with Gasteiger partial charge in [0.2, 0.25) is 5.91 Å². The molecule has 4 aliphatic carbocycles. The molecule has 1 amide bonds. The molecule has 3 N–H and O–H groups in total. The molecule has 5 heteroatoms. The van der Waals surface area contributed by atoms with Crippen molar-refractivity contribution >= 4 is 11.9 Å². The number of hydrogen-bond acceptors (Lipinski definition) is 3. The van der Waals surface area contributed by atoms with E-state index in [1.54, 1.807) is 0 Å². The van der Waals surface area contributed by atoms with E-state index in [2.05, 4.69) is 26.1 Å². The molecule has 0 bridgehead atoms. The quantitative estimate of drug-likeness (QED) is 0.570. The van der Waals surface area contributed by atoms with Gasteiger partial charge in [-0.05, 0) is 111 Å². The molecule has 31 heavy (non-hydrogen) atoms. The molecule has 4 saturated carbocycles. The summed E-state index contributed by atoms with van der Waals surface area (Å²) in [5.74, 6) is 3.23. The summed E-state index contributed by atoms with van der Waals surface area (Å²) >= 11 is 0. The summed E-state index contributed by atoms with van der Waals surface area (Å²) in [7, 11) is 0. The summed E-state index contributed by atoms with van der Waals surface area (Å²) in [6, 6.07) is 0. The number of carboxylic acid groups (broad SMARTS) is 1. The van der Waals surface area contributed by atoms with Crippen LogP contribution in [0.3, 0.4) is 0 Å². The lowest BCUT2D eigenvalue weighted by Crippen LogP contribution is -2.54. The fourth-order valence-electron chi connectivity index (χ4n) is 9.03. The Morgan fingerprint density at radius 3 is 2.45 bits per heavy atom. The number of nitrogens with one attached hydrogen (secondary N) is 1. The van der Waals surface area contributed by atoms with E-state index < -0.39 is 5.97 Å². The minimum absolute atomic E-state index is 0.0760. The van der Waals surface area contributed by atoms with Crippen LogP contribution < -0.4 is 5.32 Å². The molecular weight excluding hydrogens is 390 g/mol. The second-order valence-corrected chi connectivity index (χ2v) is 12.0. The fourth-order valence-corrected chi connectivity index (χ4v) is 9.03. The van der Waals surface area contributed by atoms with Crippen LogP contribution in [0.25, 0.3) is 0 Å². The monoisotopic (exact) mass is 433 g/mol. The van der Waals surface area contributed by atoms with Gasteiger partial charge >= 0.3 is 5.97 Å². The maximum absolute atomic E-state index is 12.0. The Morgan fingerprint density at radius 2 is 1.71 bits per heavy atom. The van der Waals surface area contributed by atoms with Crippen LogP contribution in [-0.2, 0) is 9.59 Å². The smallest absolute Gasteiger partial charge is 0.322 e. The van der Waals surface area contributed by atoms with Crippen molar-refractivity contribution in [3.8, 4) is 0 Å². The van der Waals surface area contributed by atoms with E-state index in [1.165, 1.54) is 44.9 Å². The van der Waals surface area contributed by atoms with Gasteiger partial charge in [0.25, 0.3) is 0 Å². The van der Waals surface area contributed by atoms with Gasteiger partial charge < -0.3 is 15.5 Å². The minimum Gasteiger partial charge on any atom is -0.480 e. The molecule has 9 atom stereocenters. The van der Waals surface area contributed by atoms with Gasteiger partial charge in [0.15, 0.2) is 0 Å². The van der Waals surface area contributed by atoms with Gasteiger partial charge in [0.05, 0.1) is 6.10 Å². The Balaban J connectivity index is 1.40. The number of fused-ring (bicyclic) bond motifs is 5. The molecule has 0 heterocycles. The SMILES string of the molecule is C[C@H](CCC(=O)NCC(=O)O)[C@@H]1CC[C@@H]2[C@H]3CC[C@H]4C[C@@H](O)CC[C@]4(C)[C@@H]3CC[C@@]21C. The third kappa shape index (κ3) is 4.16. The summed E-state index contributed by atoms with van der Waals surface area (Å²) < 4.78 is 0. The number of carboxylic acids is 1. The molecule has 0 radical (unpaired) electrons. The van der Waals surface area contributed by atoms with Gasteiger partial charge in [-0.1, -0.05) is 20.8 Å². The Kier molecular flexibility index (Phi) is 6.46. The van der Waals surface area contributed by atoms with E-state index in [0.29, 0.717) is 35.0 Å². The average Bonchev–Trinajstić information content (AvgIpc) is 3.08. The largest absolute Gasteiger partial charge is 0.480 e. The first-order valence-electron chi connectivity index (χ1n) is 12.8. The zero-order chi connectivity index (χ0) is 22.4. The Labute approximate surface area is 187 Å². The predicted octanol–water partition coefficient (Wildman–Crippen LogP) is 4.62. The van der Waals surface area contributed by atoms with Crippen molar-refractivity contribution in [2.45, 2.75) is 97.5 Å². The Hall–Kier alpha value is -1.10. The molecule has 5 nitrogen and oxygen atoms in total. The van der Waals surface area contributed by atoms with Crippen molar-refractivity contribution in [2.75, 3.05) is 6.54 Å². The van der Waals surface area contributed by atoms with Crippen molar-refractivity contribution in [3.63, 3.8) is 0 Å². The van der Waals surface area contributed by atoms with Crippen molar-refractivity contribution in [3.05, 3.63) is 0 Å². The number of rotatable bonds is 6. The van der Waals surface area contributed by atoms with E-state index >= 15 is 0 Å². The van der Waals surface area contributed by atoms with Gasteiger partial charge in [-0.25, -0.2) is 0 Å². The van der Waals surface area contributed by atoms with Crippen LogP contribution in [0, 0.1) is 46.3 Å². The van der Waals surface area contributed by atoms with Crippen LogP contribution in [0.1, 0.15) is 91.4 Å². The van der Waals surface area contributed by atoms with Crippen LogP contribution in [0.15, 0.2) is 0 Å². The predicted molar refractivity (Wildman–Crippen MR) is 120 cm³/mol. The molecule has 4 fully saturated rings. The number of amides is 1. The van der Waals surface area contributed by atoms with Gasteiger partial charge in [-0.15, -0.1) is 0 Å². The first-order chi connectivity index (χ1) is 14.6. The first kappa shape index (κ1) is 23.1. The molecule has 4 rings (SSSR count). The second kappa shape index (κ2) is 8.68.